The molecule has 1 aliphatic rings. The van der Waals surface area contributed by atoms with Gasteiger partial charge in [0.15, 0.2) is 0 Å². The summed E-state index contributed by atoms with van der Waals surface area (Å²) >= 11 is 0. The van der Waals surface area contributed by atoms with Crippen LogP contribution in [-0.2, 0) is 11.8 Å². The number of aromatic nitrogens is 5. The quantitative estimate of drug-likeness (QED) is 0.661. The third-order valence-corrected chi connectivity index (χ3v) is 5.24. The van der Waals surface area contributed by atoms with Gasteiger partial charge in [0, 0.05) is 37.5 Å². The van der Waals surface area contributed by atoms with Gasteiger partial charge in [0.1, 0.15) is 11.6 Å². The largest absolute Gasteiger partial charge is 0.311 e. The average Bonchev–Trinajstić information content (AvgIpc) is 3.14. The molecule has 1 amide bonds. The Morgan fingerprint density at radius 2 is 1.97 bits per heavy atom. The molecule has 4 rings (SSSR count). The number of pyridine rings is 1. The highest BCUT2D eigenvalue weighted by molar-refractivity contribution is 5.90. The number of hydrogen-bond acceptors (Lipinski definition) is 6. The number of carbonyl (C=O) groups excluding carboxylic acids is 1. The highest BCUT2D eigenvalue weighted by Crippen LogP contribution is 2.26. The van der Waals surface area contributed by atoms with E-state index < -0.39 is 0 Å². The highest BCUT2D eigenvalue weighted by Gasteiger charge is 2.17. The zero-order valence-electron chi connectivity index (χ0n) is 16.5. The highest BCUT2D eigenvalue weighted by atomic mass is 16.1. The average molecular weight is 391 g/mol. The van der Waals surface area contributed by atoms with Crippen molar-refractivity contribution >= 4 is 23.5 Å². The van der Waals surface area contributed by atoms with Crippen LogP contribution in [0.2, 0.25) is 0 Å². The summed E-state index contributed by atoms with van der Waals surface area (Å²) in [7, 11) is 1.84. The predicted octanol–water partition coefficient (Wildman–Crippen LogP) is 3.92. The number of aryl methyl sites for hydroxylation is 1. The van der Waals surface area contributed by atoms with Gasteiger partial charge in [-0.3, -0.25) is 9.48 Å². The Morgan fingerprint density at radius 1 is 1.10 bits per heavy atom. The molecule has 0 atom stereocenters. The maximum absolute atomic E-state index is 12.3. The Balaban J connectivity index is 1.39. The van der Waals surface area contributed by atoms with E-state index in [9.17, 15) is 4.79 Å². The van der Waals surface area contributed by atoms with Crippen LogP contribution < -0.4 is 10.6 Å². The van der Waals surface area contributed by atoms with Crippen LogP contribution in [0.25, 0.3) is 11.3 Å². The summed E-state index contributed by atoms with van der Waals surface area (Å²) < 4.78 is 1.71. The molecule has 1 saturated carbocycles. The first-order chi connectivity index (χ1) is 14.2. The molecule has 0 bridgehead atoms. The molecule has 3 aromatic heterocycles. The van der Waals surface area contributed by atoms with Crippen molar-refractivity contribution in [3.63, 3.8) is 0 Å². The van der Waals surface area contributed by atoms with Crippen LogP contribution in [0, 0.1) is 5.92 Å². The van der Waals surface area contributed by atoms with E-state index >= 15 is 0 Å². The number of amides is 1. The summed E-state index contributed by atoms with van der Waals surface area (Å²) in [6.45, 7) is 0. The number of nitrogens with one attached hydrogen (secondary N) is 2. The first-order valence-corrected chi connectivity index (χ1v) is 10.0. The van der Waals surface area contributed by atoms with E-state index in [-0.39, 0.29) is 5.91 Å². The minimum Gasteiger partial charge on any atom is -0.311 e. The maximum atomic E-state index is 12.3. The molecule has 8 nitrogen and oxygen atoms in total. The fraction of sp³-hybridized carbons (Fsp3) is 0.381. The van der Waals surface area contributed by atoms with Crippen molar-refractivity contribution in [3.8, 4) is 11.3 Å². The lowest BCUT2D eigenvalue weighted by molar-refractivity contribution is -0.117. The topological polar surface area (TPSA) is 97.6 Å². The summed E-state index contributed by atoms with van der Waals surface area (Å²) in [5, 5.41) is 10.2. The number of anilines is 3. The van der Waals surface area contributed by atoms with Crippen molar-refractivity contribution < 1.29 is 4.79 Å². The van der Waals surface area contributed by atoms with Crippen molar-refractivity contribution in [2.24, 2.45) is 13.0 Å². The van der Waals surface area contributed by atoms with Gasteiger partial charge in [-0.1, -0.05) is 19.3 Å². The SMILES string of the molecule is Cn1nccc1Nc1nccc(-c2ccc(NC(=O)CC3CCCCC3)nc2)n1. The molecule has 150 valence electrons. The minimum atomic E-state index is 0.0434. The molecule has 0 spiro atoms. The summed E-state index contributed by atoms with van der Waals surface area (Å²) in [5.41, 5.74) is 1.60. The van der Waals surface area contributed by atoms with Gasteiger partial charge in [-0.25, -0.2) is 15.0 Å². The predicted molar refractivity (Wildman–Crippen MR) is 112 cm³/mol. The lowest BCUT2D eigenvalue weighted by Crippen LogP contribution is -2.18. The van der Waals surface area contributed by atoms with E-state index in [1.165, 1.54) is 19.3 Å². The number of rotatable bonds is 6. The van der Waals surface area contributed by atoms with E-state index in [4.69, 9.17) is 0 Å². The van der Waals surface area contributed by atoms with Crippen LogP contribution in [0.1, 0.15) is 38.5 Å². The monoisotopic (exact) mass is 391 g/mol. The molecule has 3 aromatic rings. The molecule has 0 saturated heterocycles. The lowest BCUT2D eigenvalue weighted by atomic mass is 9.87. The van der Waals surface area contributed by atoms with Crippen LogP contribution in [0.4, 0.5) is 17.6 Å². The smallest absolute Gasteiger partial charge is 0.228 e. The molecule has 1 aliphatic carbocycles. The van der Waals surface area contributed by atoms with Crippen molar-refractivity contribution in [2.45, 2.75) is 38.5 Å². The summed E-state index contributed by atoms with van der Waals surface area (Å²) in [6, 6.07) is 7.39. The molecule has 0 aliphatic heterocycles. The lowest BCUT2D eigenvalue weighted by Gasteiger charge is -2.20. The fourth-order valence-electron chi connectivity index (χ4n) is 3.66. The van der Waals surface area contributed by atoms with Crippen molar-refractivity contribution in [2.75, 3.05) is 10.6 Å². The number of hydrogen-bond donors (Lipinski definition) is 2. The van der Waals surface area contributed by atoms with Gasteiger partial charge < -0.3 is 10.6 Å². The van der Waals surface area contributed by atoms with Crippen molar-refractivity contribution in [1.29, 1.82) is 0 Å². The molecule has 2 N–H and O–H groups in total. The van der Waals surface area contributed by atoms with Gasteiger partial charge in [0.05, 0.1) is 11.9 Å². The van der Waals surface area contributed by atoms with Gasteiger partial charge in [-0.2, -0.15) is 5.10 Å². The second kappa shape index (κ2) is 8.81. The normalized spacial score (nSPS) is 14.5. The summed E-state index contributed by atoms with van der Waals surface area (Å²) in [5.74, 6) is 2.40. The third-order valence-electron chi connectivity index (χ3n) is 5.24. The fourth-order valence-corrected chi connectivity index (χ4v) is 3.66. The zero-order chi connectivity index (χ0) is 20.1. The van der Waals surface area contributed by atoms with Gasteiger partial charge in [0.25, 0.3) is 0 Å². The molecular weight excluding hydrogens is 366 g/mol. The maximum Gasteiger partial charge on any atom is 0.228 e. The van der Waals surface area contributed by atoms with Crippen LogP contribution in [-0.4, -0.2) is 30.6 Å². The van der Waals surface area contributed by atoms with Crippen molar-refractivity contribution in [1.82, 2.24) is 24.7 Å². The van der Waals surface area contributed by atoms with Gasteiger partial charge in [0.2, 0.25) is 11.9 Å². The Labute approximate surface area is 169 Å². The summed E-state index contributed by atoms with van der Waals surface area (Å²) in [6.07, 6.45) is 11.8. The second-order valence-corrected chi connectivity index (χ2v) is 7.42. The van der Waals surface area contributed by atoms with Crippen LogP contribution in [0.3, 0.4) is 0 Å². The molecular formula is C21H25N7O. The van der Waals surface area contributed by atoms with Crippen LogP contribution in [0.5, 0.6) is 0 Å². The molecule has 0 radical (unpaired) electrons. The molecule has 3 heterocycles. The third kappa shape index (κ3) is 4.96. The van der Waals surface area contributed by atoms with E-state index in [0.29, 0.717) is 24.1 Å². The van der Waals surface area contributed by atoms with Gasteiger partial charge >= 0.3 is 0 Å². The molecule has 0 unspecified atom stereocenters. The first-order valence-electron chi connectivity index (χ1n) is 10.0. The van der Waals surface area contributed by atoms with E-state index in [1.807, 2.05) is 31.3 Å². The van der Waals surface area contributed by atoms with Gasteiger partial charge in [-0.05, 0) is 37.0 Å². The Morgan fingerprint density at radius 3 is 2.69 bits per heavy atom. The number of carbonyl (C=O) groups is 1. The van der Waals surface area contributed by atoms with Crippen LogP contribution in [0.15, 0.2) is 42.9 Å². The van der Waals surface area contributed by atoms with Crippen molar-refractivity contribution in [3.05, 3.63) is 42.9 Å². The van der Waals surface area contributed by atoms with Gasteiger partial charge in [-0.15, -0.1) is 0 Å². The number of nitrogens with zero attached hydrogens (tertiary/aromatic N) is 5. The standard InChI is InChI=1S/C21H25N7O/c1-28-19(10-12-24-28)27-21-22-11-9-17(25-21)16-7-8-18(23-14-16)26-20(29)13-15-5-3-2-4-6-15/h7-12,14-15H,2-6,13H2,1H3,(H,22,25,27)(H,23,26,29). The molecule has 8 heteroatoms. The molecule has 29 heavy (non-hydrogen) atoms. The molecule has 0 aromatic carbocycles. The minimum absolute atomic E-state index is 0.0434. The van der Waals surface area contributed by atoms with Crippen LogP contribution >= 0.6 is 0 Å². The Bertz CT molecular complexity index is 961. The van der Waals surface area contributed by atoms with E-state index in [2.05, 4.69) is 30.7 Å². The zero-order valence-corrected chi connectivity index (χ0v) is 16.5. The Kier molecular flexibility index (Phi) is 5.79. The summed E-state index contributed by atoms with van der Waals surface area (Å²) in [4.78, 5) is 25.4. The first kappa shape index (κ1) is 19.0. The second-order valence-electron chi connectivity index (χ2n) is 7.42. The van der Waals surface area contributed by atoms with E-state index in [0.717, 1.165) is 29.9 Å². The Hall–Kier alpha value is -3.29. The van der Waals surface area contributed by atoms with E-state index in [1.54, 1.807) is 23.3 Å². The molecule has 1 fully saturated rings.